The van der Waals surface area contributed by atoms with Gasteiger partial charge < -0.3 is 20.3 Å². The number of benzene rings is 2. The number of carbonyl (C=O) groups excluding carboxylic acids is 1. The quantitative estimate of drug-likeness (QED) is 0.224. The molecule has 0 saturated carbocycles. The molecule has 2 N–H and O–H groups in total. The maximum absolute atomic E-state index is 12.0. The monoisotopic (exact) mass is 550 g/mol. The van der Waals surface area contributed by atoms with E-state index in [4.69, 9.17) is 4.74 Å². The lowest BCUT2D eigenvalue weighted by molar-refractivity contribution is 0.0398. The van der Waals surface area contributed by atoms with Crippen molar-refractivity contribution < 1.29 is 9.53 Å². The highest BCUT2D eigenvalue weighted by Gasteiger charge is 2.19. The van der Waals surface area contributed by atoms with Gasteiger partial charge in [-0.1, -0.05) is 36.4 Å². The lowest BCUT2D eigenvalue weighted by Crippen LogP contribution is -2.37. The third-order valence-electron chi connectivity index (χ3n) is 5.54. The summed E-state index contributed by atoms with van der Waals surface area (Å²) in [4.78, 5) is 17.8. The number of guanidine groups is 1. The molecule has 1 atom stereocenters. The standard InChI is InChI=1S/C25H34N4O2.HI/c1-26-25(28-18-19-12-14-21(15-13-19)24(30)29(2)3)27-16-7-17-31-23-11-6-9-20-8-4-5-10-22(20)23;/h4-5,8,10,12-15,23H,6-7,9,11,16-18H2,1-3H3,(H2,26,27,28);1H. The topological polar surface area (TPSA) is 66.0 Å². The Kier molecular flexibility index (Phi) is 11.0. The summed E-state index contributed by atoms with van der Waals surface area (Å²) in [6.45, 7) is 2.17. The minimum atomic E-state index is 0. The Labute approximate surface area is 208 Å². The summed E-state index contributed by atoms with van der Waals surface area (Å²) in [5.74, 6) is 0.771. The largest absolute Gasteiger partial charge is 0.373 e. The van der Waals surface area contributed by atoms with Crippen LogP contribution >= 0.6 is 24.0 Å². The van der Waals surface area contributed by atoms with Crippen LogP contribution in [0.4, 0.5) is 0 Å². The van der Waals surface area contributed by atoms with Crippen molar-refractivity contribution in [2.75, 3.05) is 34.3 Å². The third-order valence-corrected chi connectivity index (χ3v) is 5.54. The molecule has 3 rings (SSSR count). The van der Waals surface area contributed by atoms with Gasteiger partial charge in [-0.25, -0.2) is 0 Å². The van der Waals surface area contributed by atoms with Crippen molar-refractivity contribution >= 4 is 35.8 Å². The van der Waals surface area contributed by atoms with Crippen molar-refractivity contribution in [3.05, 3.63) is 70.8 Å². The molecule has 2 aromatic carbocycles. The lowest BCUT2D eigenvalue weighted by Gasteiger charge is -2.25. The van der Waals surface area contributed by atoms with E-state index in [1.54, 1.807) is 26.0 Å². The second kappa shape index (κ2) is 13.4. The number of fused-ring (bicyclic) bond motifs is 1. The fraction of sp³-hybridized carbons (Fsp3) is 0.440. The minimum Gasteiger partial charge on any atom is -0.373 e. The predicted molar refractivity (Wildman–Crippen MR) is 141 cm³/mol. The summed E-state index contributed by atoms with van der Waals surface area (Å²) in [6.07, 6.45) is 4.60. The first-order valence-electron chi connectivity index (χ1n) is 11.0. The van der Waals surface area contributed by atoms with Crippen molar-refractivity contribution in [3.63, 3.8) is 0 Å². The van der Waals surface area contributed by atoms with Gasteiger partial charge in [0.2, 0.25) is 0 Å². The van der Waals surface area contributed by atoms with Gasteiger partial charge in [0.05, 0.1) is 6.10 Å². The van der Waals surface area contributed by atoms with Crippen LogP contribution in [0.15, 0.2) is 53.5 Å². The minimum absolute atomic E-state index is 0. The van der Waals surface area contributed by atoms with Gasteiger partial charge in [-0.15, -0.1) is 24.0 Å². The Bertz CT molecular complexity index is 884. The van der Waals surface area contributed by atoms with Crippen molar-refractivity contribution in [2.45, 2.75) is 38.3 Å². The molecule has 0 aliphatic heterocycles. The van der Waals surface area contributed by atoms with E-state index in [-0.39, 0.29) is 36.0 Å². The van der Waals surface area contributed by atoms with Crippen LogP contribution in [0.25, 0.3) is 0 Å². The molecule has 1 amide bonds. The first kappa shape index (κ1) is 26.1. The van der Waals surface area contributed by atoms with Crippen molar-refractivity contribution in [1.82, 2.24) is 15.5 Å². The highest BCUT2D eigenvalue weighted by Crippen LogP contribution is 2.32. The number of hydrogen-bond acceptors (Lipinski definition) is 3. The van der Waals surface area contributed by atoms with Gasteiger partial charge in [-0.2, -0.15) is 0 Å². The van der Waals surface area contributed by atoms with Gasteiger partial charge in [-0.05, 0) is 54.5 Å². The summed E-state index contributed by atoms with van der Waals surface area (Å²) in [7, 11) is 5.28. The van der Waals surface area contributed by atoms with E-state index in [9.17, 15) is 4.79 Å². The molecule has 0 saturated heterocycles. The number of ether oxygens (including phenoxy) is 1. The van der Waals surface area contributed by atoms with E-state index in [0.29, 0.717) is 12.1 Å². The van der Waals surface area contributed by atoms with E-state index < -0.39 is 0 Å². The van der Waals surface area contributed by atoms with Crippen molar-refractivity contribution in [1.29, 1.82) is 0 Å². The van der Waals surface area contributed by atoms with Gasteiger partial charge in [0, 0.05) is 46.4 Å². The molecular formula is C25H35IN4O2. The molecule has 1 unspecified atom stereocenters. The average molecular weight is 550 g/mol. The molecule has 0 radical (unpaired) electrons. The number of rotatable bonds is 8. The molecule has 6 nitrogen and oxygen atoms in total. The van der Waals surface area contributed by atoms with Crippen LogP contribution in [0.1, 0.15) is 52.4 Å². The Morgan fingerprint density at radius 1 is 1.12 bits per heavy atom. The van der Waals surface area contributed by atoms with Crippen molar-refractivity contribution in [2.24, 2.45) is 4.99 Å². The number of halogens is 1. The SMILES string of the molecule is CN=C(NCCCOC1CCCc2ccccc21)NCc1ccc(C(=O)N(C)C)cc1.I. The number of aliphatic imine (C=N–C) groups is 1. The van der Waals surface area contributed by atoms with Gasteiger partial charge in [0.25, 0.3) is 5.91 Å². The number of carbonyl (C=O) groups is 1. The van der Waals surface area contributed by atoms with Crippen LogP contribution in [0, 0.1) is 0 Å². The van der Waals surface area contributed by atoms with E-state index >= 15 is 0 Å². The summed E-state index contributed by atoms with van der Waals surface area (Å²) >= 11 is 0. The molecule has 0 fully saturated rings. The number of hydrogen-bond donors (Lipinski definition) is 2. The molecule has 0 bridgehead atoms. The van der Waals surface area contributed by atoms with Crippen LogP contribution in [-0.4, -0.2) is 51.1 Å². The highest BCUT2D eigenvalue weighted by atomic mass is 127. The summed E-state index contributed by atoms with van der Waals surface area (Å²) in [5, 5.41) is 6.65. The molecule has 0 aromatic heterocycles. The zero-order valence-electron chi connectivity index (χ0n) is 19.3. The van der Waals surface area contributed by atoms with Crippen LogP contribution < -0.4 is 10.6 Å². The molecule has 32 heavy (non-hydrogen) atoms. The van der Waals surface area contributed by atoms with Gasteiger partial charge in [0.1, 0.15) is 0 Å². The number of amides is 1. The normalized spacial score (nSPS) is 15.3. The molecule has 1 aliphatic rings. The van der Waals surface area contributed by atoms with Crippen LogP contribution in [0.3, 0.4) is 0 Å². The number of nitrogens with one attached hydrogen (secondary N) is 2. The summed E-state index contributed by atoms with van der Waals surface area (Å²) in [5.41, 5.74) is 4.58. The first-order valence-corrected chi connectivity index (χ1v) is 11.0. The Morgan fingerprint density at radius 3 is 2.59 bits per heavy atom. The fourth-order valence-electron chi connectivity index (χ4n) is 3.82. The second-order valence-corrected chi connectivity index (χ2v) is 8.05. The predicted octanol–water partition coefficient (Wildman–Crippen LogP) is 4.16. The second-order valence-electron chi connectivity index (χ2n) is 8.05. The van der Waals surface area contributed by atoms with Crippen LogP contribution in [-0.2, 0) is 17.7 Å². The number of aryl methyl sites for hydroxylation is 1. The van der Waals surface area contributed by atoms with E-state index in [0.717, 1.165) is 43.9 Å². The maximum Gasteiger partial charge on any atom is 0.253 e. The fourth-order valence-corrected chi connectivity index (χ4v) is 3.82. The summed E-state index contributed by atoms with van der Waals surface area (Å²) in [6, 6.07) is 16.3. The molecule has 2 aromatic rings. The van der Waals surface area contributed by atoms with E-state index in [1.165, 1.54) is 17.5 Å². The van der Waals surface area contributed by atoms with Crippen LogP contribution in [0.5, 0.6) is 0 Å². The van der Waals surface area contributed by atoms with Crippen molar-refractivity contribution in [3.8, 4) is 0 Å². The lowest BCUT2D eigenvalue weighted by atomic mass is 9.89. The van der Waals surface area contributed by atoms with Gasteiger partial charge >= 0.3 is 0 Å². The highest BCUT2D eigenvalue weighted by molar-refractivity contribution is 14.0. The molecule has 0 spiro atoms. The smallest absolute Gasteiger partial charge is 0.253 e. The zero-order valence-corrected chi connectivity index (χ0v) is 21.6. The van der Waals surface area contributed by atoms with E-state index in [1.807, 2.05) is 24.3 Å². The Hall–Kier alpha value is -2.13. The number of nitrogens with zero attached hydrogens (tertiary/aromatic N) is 2. The third kappa shape index (κ3) is 7.48. The molecule has 0 heterocycles. The average Bonchev–Trinajstić information content (AvgIpc) is 2.80. The molecule has 1 aliphatic carbocycles. The van der Waals surface area contributed by atoms with E-state index in [2.05, 4.69) is 39.9 Å². The Balaban J connectivity index is 0.00000363. The molecular weight excluding hydrogens is 515 g/mol. The first-order chi connectivity index (χ1) is 15.1. The van der Waals surface area contributed by atoms with Crippen LogP contribution in [0.2, 0.25) is 0 Å². The van der Waals surface area contributed by atoms with Gasteiger partial charge in [-0.3, -0.25) is 9.79 Å². The molecule has 7 heteroatoms. The maximum atomic E-state index is 12.0. The van der Waals surface area contributed by atoms with Gasteiger partial charge in [0.15, 0.2) is 5.96 Å². The summed E-state index contributed by atoms with van der Waals surface area (Å²) < 4.78 is 6.17. The molecule has 174 valence electrons. The Morgan fingerprint density at radius 2 is 1.88 bits per heavy atom. The zero-order chi connectivity index (χ0) is 22.1.